The first-order valence-corrected chi connectivity index (χ1v) is 10.6. The minimum absolute atomic E-state index is 0.525. The van der Waals surface area contributed by atoms with Crippen molar-refractivity contribution in [2.45, 2.75) is 13.3 Å². The molecule has 0 bridgehead atoms. The van der Waals surface area contributed by atoms with Gasteiger partial charge in [-0.25, -0.2) is 4.98 Å². The van der Waals surface area contributed by atoms with E-state index in [0.717, 1.165) is 61.7 Å². The maximum Gasteiger partial charge on any atom is 0.229 e. The minimum Gasteiger partial charge on any atom is -0.493 e. The number of nitrogens with one attached hydrogen (secondary N) is 2. The predicted molar refractivity (Wildman–Crippen MR) is 124 cm³/mol. The van der Waals surface area contributed by atoms with Crippen LogP contribution in [0.3, 0.4) is 0 Å². The van der Waals surface area contributed by atoms with E-state index in [9.17, 15) is 0 Å². The van der Waals surface area contributed by atoms with Gasteiger partial charge in [0.2, 0.25) is 5.95 Å². The molecule has 2 heterocycles. The van der Waals surface area contributed by atoms with E-state index < -0.39 is 0 Å². The SMILES string of the molecule is CCCNc1nc(Nc2ccc(N3CCOCC3)cc2)nc2cc(OC)c(OC)cc12. The van der Waals surface area contributed by atoms with Crippen LogP contribution >= 0.6 is 0 Å². The molecule has 0 spiro atoms. The van der Waals surface area contributed by atoms with E-state index in [-0.39, 0.29) is 0 Å². The van der Waals surface area contributed by atoms with Crippen molar-refractivity contribution in [2.24, 2.45) is 0 Å². The third kappa shape index (κ3) is 4.74. The number of hydrogen-bond acceptors (Lipinski definition) is 8. The van der Waals surface area contributed by atoms with E-state index in [0.29, 0.717) is 17.4 Å². The zero-order valence-electron chi connectivity index (χ0n) is 18.3. The van der Waals surface area contributed by atoms with E-state index >= 15 is 0 Å². The number of morpholine rings is 1. The zero-order chi connectivity index (χ0) is 21.6. The summed E-state index contributed by atoms with van der Waals surface area (Å²) in [5.41, 5.74) is 2.90. The van der Waals surface area contributed by atoms with Crippen LogP contribution < -0.4 is 25.0 Å². The maximum atomic E-state index is 5.46. The van der Waals surface area contributed by atoms with Gasteiger partial charge in [0.05, 0.1) is 33.0 Å². The van der Waals surface area contributed by atoms with Crippen LogP contribution in [0.1, 0.15) is 13.3 Å². The average Bonchev–Trinajstić information content (AvgIpc) is 2.82. The Bertz CT molecular complexity index is 1020. The number of methoxy groups -OCH3 is 2. The highest BCUT2D eigenvalue weighted by molar-refractivity contribution is 5.93. The molecule has 1 saturated heterocycles. The fraction of sp³-hybridized carbons (Fsp3) is 0.391. The monoisotopic (exact) mass is 423 g/mol. The van der Waals surface area contributed by atoms with E-state index in [2.05, 4.69) is 34.6 Å². The normalized spacial score (nSPS) is 13.8. The van der Waals surface area contributed by atoms with Crippen molar-refractivity contribution < 1.29 is 14.2 Å². The van der Waals surface area contributed by atoms with Gasteiger partial charge in [-0.2, -0.15) is 4.98 Å². The highest BCUT2D eigenvalue weighted by Gasteiger charge is 2.14. The summed E-state index contributed by atoms with van der Waals surface area (Å²) in [7, 11) is 3.25. The summed E-state index contributed by atoms with van der Waals surface area (Å²) in [5.74, 6) is 2.58. The zero-order valence-corrected chi connectivity index (χ0v) is 18.3. The molecule has 0 amide bonds. The van der Waals surface area contributed by atoms with Gasteiger partial charge in [0.1, 0.15) is 5.82 Å². The molecule has 1 fully saturated rings. The van der Waals surface area contributed by atoms with Gasteiger partial charge < -0.3 is 29.7 Å². The van der Waals surface area contributed by atoms with Crippen molar-refractivity contribution in [3.63, 3.8) is 0 Å². The molecule has 8 heteroatoms. The lowest BCUT2D eigenvalue weighted by Gasteiger charge is -2.28. The number of benzene rings is 2. The van der Waals surface area contributed by atoms with E-state index in [1.54, 1.807) is 14.2 Å². The second-order valence-electron chi connectivity index (χ2n) is 7.32. The lowest BCUT2D eigenvalue weighted by atomic mass is 10.2. The molecular weight excluding hydrogens is 394 g/mol. The second-order valence-corrected chi connectivity index (χ2v) is 7.32. The number of rotatable bonds is 8. The molecule has 0 unspecified atom stereocenters. The van der Waals surface area contributed by atoms with Gasteiger partial charge in [0, 0.05) is 42.5 Å². The van der Waals surface area contributed by atoms with Gasteiger partial charge >= 0.3 is 0 Å². The van der Waals surface area contributed by atoms with Crippen LogP contribution in [0.5, 0.6) is 11.5 Å². The van der Waals surface area contributed by atoms with E-state index in [1.165, 1.54) is 5.69 Å². The Hall–Kier alpha value is -3.26. The Morgan fingerprint density at radius 2 is 1.71 bits per heavy atom. The molecule has 1 aliphatic heterocycles. The highest BCUT2D eigenvalue weighted by Crippen LogP contribution is 2.35. The lowest BCUT2D eigenvalue weighted by Crippen LogP contribution is -2.36. The van der Waals surface area contributed by atoms with Crippen LogP contribution in [0.4, 0.5) is 23.1 Å². The molecule has 0 aliphatic carbocycles. The number of nitrogens with zero attached hydrogens (tertiary/aromatic N) is 3. The van der Waals surface area contributed by atoms with Crippen LogP contribution in [0, 0.1) is 0 Å². The Morgan fingerprint density at radius 1 is 1.00 bits per heavy atom. The quantitative estimate of drug-likeness (QED) is 0.562. The van der Waals surface area contributed by atoms with Gasteiger partial charge in [0.15, 0.2) is 11.5 Å². The summed E-state index contributed by atoms with van der Waals surface area (Å²) in [6, 6.07) is 12.1. The number of hydrogen-bond donors (Lipinski definition) is 2. The lowest BCUT2D eigenvalue weighted by molar-refractivity contribution is 0.122. The second kappa shape index (κ2) is 9.70. The summed E-state index contributed by atoms with van der Waals surface area (Å²) in [5, 5.41) is 7.62. The van der Waals surface area contributed by atoms with Crippen LogP contribution in [0.25, 0.3) is 10.9 Å². The Kier molecular flexibility index (Phi) is 6.57. The summed E-state index contributed by atoms with van der Waals surface area (Å²) < 4.78 is 16.3. The van der Waals surface area contributed by atoms with Gasteiger partial charge in [0.25, 0.3) is 0 Å². The predicted octanol–water partition coefficient (Wildman–Crippen LogP) is 4.05. The van der Waals surface area contributed by atoms with Crippen molar-refractivity contribution in [3.05, 3.63) is 36.4 Å². The molecule has 3 aromatic rings. The van der Waals surface area contributed by atoms with Crippen LogP contribution in [-0.2, 0) is 4.74 Å². The molecule has 2 aromatic carbocycles. The Balaban J connectivity index is 1.63. The molecule has 2 N–H and O–H groups in total. The smallest absolute Gasteiger partial charge is 0.229 e. The summed E-state index contributed by atoms with van der Waals surface area (Å²) in [6.07, 6.45) is 0.991. The van der Waals surface area contributed by atoms with Crippen molar-refractivity contribution in [1.82, 2.24) is 9.97 Å². The van der Waals surface area contributed by atoms with Crippen LogP contribution in [-0.4, -0.2) is 57.0 Å². The van der Waals surface area contributed by atoms with E-state index in [4.69, 9.17) is 24.2 Å². The topological polar surface area (TPSA) is 80.8 Å². The number of aromatic nitrogens is 2. The molecule has 0 saturated carbocycles. The highest BCUT2D eigenvalue weighted by atomic mass is 16.5. The van der Waals surface area contributed by atoms with Crippen molar-refractivity contribution in [2.75, 3.05) is 62.6 Å². The molecule has 0 radical (unpaired) electrons. The molecule has 0 atom stereocenters. The first-order valence-electron chi connectivity index (χ1n) is 10.6. The summed E-state index contributed by atoms with van der Waals surface area (Å²) in [6.45, 7) is 6.30. The molecule has 164 valence electrons. The van der Waals surface area contributed by atoms with Gasteiger partial charge in [-0.3, -0.25) is 0 Å². The molecule has 1 aliphatic rings. The van der Waals surface area contributed by atoms with Crippen molar-refractivity contribution in [3.8, 4) is 11.5 Å². The third-order valence-corrected chi connectivity index (χ3v) is 5.24. The average molecular weight is 424 g/mol. The fourth-order valence-electron chi connectivity index (χ4n) is 3.60. The largest absolute Gasteiger partial charge is 0.493 e. The first-order chi connectivity index (χ1) is 15.2. The van der Waals surface area contributed by atoms with Gasteiger partial charge in [-0.15, -0.1) is 0 Å². The number of fused-ring (bicyclic) bond motifs is 1. The van der Waals surface area contributed by atoms with Gasteiger partial charge in [-0.05, 0) is 36.8 Å². The molecule has 8 nitrogen and oxygen atoms in total. The van der Waals surface area contributed by atoms with Crippen molar-refractivity contribution in [1.29, 1.82) is 0 Å². The summed E-state index contributed by atoms with van der Waals surface area (Å²) >= 11 is 0. The standard InChI is InChI=1S/C23H29N5O3/c1-4-9-24-22-18-14-20(29-2)21(30-3)15-19(18)26-23(27-22)25-16-5-7-17(8-6-16)28-10-12-31-13-11-28/h5-8,14-15H,4,9-13H2,1-3H3,(H2,24,25,26,27). The van der Waals surface area contributed by atoms with Crippen molar-refractivity contribution >= 4 is 34.0 Å². The molecule has 31 heavy (non-hydrogen) atoms. The van der Waals surface area contributed by atoms with Crippen LogP contribution in [0.15, 0.2) is 36.4 Å². The molecular formula is C23H29N5O3. The Morgan fingerprint density at radius 3 is 2.39 bits per heavy atom. The third-order valence-electron chi connectivity index (χ3n) is 5.24. The number of ether oxygens (including phenoxy) is 3. The summed E-state index contributed by atoms with van der Waals surface area (Å²) in [4.78, 5) is 11.8. The van der Waals surface area contributed by atoms with Gasteiger partial charge in [-0.1, -0.05) is 6.92 Å². The molecule has 1 aromatic heterocycles. The molecule has 4 rings (SSSR count). The fourth-order valence-corrected chi connectivity index (χ4v) is 3.60. The maximum absolute atomic E-state index is 5.46. The first kappa shape index (κ1) is 21.0. The Labute approximate surface area is 182 Å². The number of anilines is 4. The van der Waals surface area contributed by atoms with Crippen LogP contribution in [0.2, 0.25) is 0 Å². The van der Waals surface area contributed by atoms with E-state index in [1.807, 2.05) is 24.3 Å². The minimum atomic E-state index is 0.525.